The average molecular weight is 807 g/mol. The van der Waals surface area contributed by atoms with Gasteiger partial charge >= 0.3 is 7.60 Å². The first-order valence-electron chi connectivity index (χ1n) is 22.1. The van der Waals surface area contributed by atoms with E-state index in [0.717, 1.165) is 148 Å². The van der Waals surface area contributed by atoms with Crippen LogP contribution < -0.4 is 0 Å². The van der Waals surface area contributed by atoms with Crippen LogP contribution in [0.4, 0.5) is 0 Å². The number of benzene rings is 5. The smallest absolute Gasteiger partial charge is 0.324 e. The average Bonchev–Trinajstić information content (AvgIpc) is 3.21. The van der Waals surface area contributed by atoms with Crippen LogP contribution in [0.3, 0.4) is 0 Å². The van der Waals surface area contributed by atoms with E-state index in [-0.39, 0.29) is 35.8 Å². The van der Waals surface area contributed by atoms with Gasteiger partial charge in [-0.15, -0.1) is 0 Å². The van der Waals surface area contributed by atoms with Crippen molar-refractivity contribution in [3.8, 4) is 0 Å². The van der Waals surface area contributed by atoms with E-state index in [4.69, 9.17) is 9.79 Å². The summed E-state index contributed by atoms with van der Waals surface area (Å²) in [5, 5.41) is 6.72. The molecule has 10 heteroatoms. The lowest BCUT2D eigenvalue weighted by Crippen LogP contribution is -2.47. The number of carbonyl (C=O) groups is 4. The van der Waals surface area contributed by atoms with Gasteiger partial charge in [0.05, 0.1) is 0 Å². The zero-order valence-corrected chi connectivity index (χ0v) is 35.2. The van der Waals surface area contributed by atoms with Crippen LogP contribution in [-0.2, 0) is 4.57 Å². The summed E-state index contributed by atoms with van der Waals surface area (Å²) in [6.45, 7) is 4.74. The first-order chi connectivity index (χ1) is 28.1. The van der Waals surface area contributed by atoms with Crippen molar-refractivity contribution in [3.63, 3.8) is 0 Å². The van der Waals surface area contributed by atoms with Crippen LogP contribution in [0, 0.1) is 0 Å². The van der Waals surface area contributed by atoms with Crippen LogP contribution in [0.15, 0.2) is 48.5 Å². The topological polar surface area (TPSA) is 132 Å². The molecule has 0 saturated heterocycles. The Morgan fingerprint density at radius 3 is 1.22 bits per heavy atom. The van der Waals surface area contributed by atoms with E-state index >= 15 is 0 Å². The Morgan fingerprint density at radius 1 is 0.466 bits per heavy atom. The van der Waals surface area contributed by atoms with E-state index < -0.39 is 7.60 Å². The molecule has 2 heterocycles. The van der Waals surface area contributed by atoms with Gasteiger partial charge in [-0.2, -0.15) is 0 Å². The molecule has 0 bridgehead atoms. The van der Waals surface area contributed by atoms with Crippen molar-refractivity contribution in [2.45, 2.75) is 142 Å². The van der Waals surface area contributed by atoms with Gasteiger partial charge in [0.15, 0.2) is 0 Å². The predicted molar refractivity (Wildman–Crippen MR) is 233 cm³/mol. The van der Waals surface area contributed by atoms with Gasteiger partial charge in [0, 0.05) is 51.8 Å². The molecule has 58 heavy (non-hydrogen) atoms. The number of fused-ring (bicyclic) bond motifs is 2. The molecule has 9 nitrogen and oxygen atoms in total. The lowest BCUT2D eigenvalue weighted by molar-refractivity contribution is 0.0514. The highest BCUT2D eigenvalue weighted by molar-refractivity contribution is 7.51. The number of carbonyl (C=O) groups excluding carboxylic acids is 4. The summed E-state index contributed by atoms with van der Waals surface area (Å²) in [7, 11) is -3.90. The Balaban J connectivity index is 1.11. The van der Waals surface area contributed by atoms with Crippen LogP contribution in [0.5, 0.6) is 0 Å². The Kier molecular flexibility index (Phi) is 13.3. The van der Waals surface area contributed by atoms with E-state index in [1.165, 1.54) is 4.90 Å². The lowest BCUT2D eigenvalue weighted by atomic mass is 9.82. The van der Waals surface area contributed by atoms with Gasteiger partial charge < -0.3 is 9.79 Å². The largest absolute Gasteiger partial charge is 0.325 e. The van der Waals surface area contributed by atoms with Crippen molar-refractivity contribution in [1.82, 2.24) is 9.80 Å². The second-order valence-electron chi connectivity index (χ2n) is 16.8. The highest BCUT2D eigenvalue weighted by Crippen LogP contribution is 2.46. The van der Waals surface area contributed by atoms with E-state index in [9.17, 15) is 23.7 Å². The first kappa shape index (κ1) is 42.0. The molecule has 308 valence electrons. The number of nitrogens with zero attached hydrogens (tertiary/aromatic N) is 2. The van der Waals surface area contributed by atoms with Gasteiger partial charge in [0.2, 0.25) is 0 Å². The molecule has 0 radical (unpaired) electrons. The van der Waals surface area contributed by atoms with Crippen LogP contribution in [-0.4, -0.2) is 62.0 Å². The van der Waals surface area contributed by atoms with Crippen molar-refractivity contribution >= 4 is 74.3 Å². The highest BCUT2D eigenvalue weighted by Gasteiger charge is 2.39. The number of hydrogen-bond acceptors (Lipinski definition) is 5. The number of rotatable bonds is 23. The molecule has 2 N–H and O–H groups in total. The molecule has 0 aliphatic carbocycles. The van der Waals surface area contributed by atoms with Crippen LogP contribution >= 0.6 is 7.60 Å². The van der Waals surface area contributed by atoms with E-state index in [1.807, 2.05) is 48.5 Å². The van der Waals surface area contributed by atoms with Crippen molar-refractivity contribution in [3.05, 3.63) is 70.8 Å². The van der Waals surface area contributed by atoms with Gasteiger partial charge in [0.1, 0.15) is 0 Å². The van der Waals surface area contributed by atoms with Gasteiger partial charge in [-0.25, -0.2) is 0 Å². The molecule has 7 rings (SSSR count). The molecule has 0 aromatic heterocycles. The second kappa shape index (κ2) is 18.4. The molecule has 4 amide bonds. The number of unbranched alkanes of at least 4 members (excludes halogenated alkanes) is 14. The fraction of sp³-hybridized carbons (Fsp3) is 0.500. The van der Waals surface area contributed by atoms with Crippen molar-refractivity contribution in [2.24, 2.45) is 0 Å². The summed E-state index contributed by atoms with van der Waals surface area (Å²) < 4.78 is 11.0. The quantitative estimate of drug-likeness (QED) is 0.0221. The summed E-state index contributed by atoms with van der Waals surface area (Å²) in [6, 6.07) is 15.2. The summed E-state index contributed by atoms with van der Waals surface area (Å²) in [6.07, 6.45) is 18.4. The third-order valence-corrected chi connectivity index (χ3v) is 13.6. The molecule has 5 aromatic carbocycles. The molecule has 0 fully saturated rings. The zero-order chi connectivity index (χ0) is 41.0. The maximum absolute atomic E-state index is 14.5. The van der Waals surface area contributed by atoms with Gasteiger partial charge in [-0.1, -0.05) is 134 Å². The lowest BCUT2D eigenvalue weighted by Gasteiger charge is -2.35. The maximum Gasteiger partial charge on any atom is 0.325 e. The predicted octanol–water partition coefficient (Wildman–Crippen LogP) is 11.9. The van der Waals surface area contributed by atoms with Crippen molar-refractivity contribution < 1.29 is 33.5 Å². The molecule has 2 aliphatic heterocycles. The summed E-state index contributed by atoms with van der Waals surface area (Å²) in [4.78, 5) is 77.9. The van der Waals surface area contributed by atoms with Crippen molar-refractivity contribution in [1.29, 1.82) is 0 Å². The van der Waals surface area contributed by atoms with Crippen LogP contribution in [0.25, 0.3) is 43.1 Å². The Labute approximate surface area is 342 Å². The fourth-order valence-electron chi connectivity index (χ4n) is 9.71. The minimum Gasteiger partial charge on any atom is -0.324 e. The SMILES string of the molecule is CCCCCCC(CCCCCC)N1C(=O)c2ccc3c4ccc5c6c(ccc(c7ccc(c2c37)C1=O)c64)C(=O)N(CCCCCCCCCCCP(=O)(O)O)C5=O. The van der Waals surface area contributed by atoms with Gasteiger partial charge in [-0.3, -0.25) is 33.5 Å². The van der Waals surface area contributed by atoms with Gasteiger partial charge in [-0.05, 0) is 82.3 Å². The normalized spacial score (nSPS) is 14.6. The fourth-order valence-corrected chi connectivity index (χ4v) is 10.3. The zero-order valence-electron chi connectivity index (χ0n) is 34.3. The third-order valence-electron chi connectivity index (χ3n) is 12.7. The summed E-state index contributed by atoms with van der Waals surface area (Å²) in [5.41, 5.74) is 2.17. The second-order valence-corrected chi connectivity index (χ2v) is 18.6. The maximum atomic E-state index is 14.5. The minimum absolute atomic E-state index is 0.0428. The number of imide groups is 2. The highest BCUT2D eigenvalue weighted by atomic mass is 31.2. The molecular weight excluding hydrogens is 748 g/mol. The molecular formula is C48H59N2O7P. The van der Waals surface area contributed by atoms with E-state index in [1.54, 1.807) is 4.90 Å². The molecule has 0 unspecified atom stereocenters. The summed E-state index contributed by atoms with van der Waals surface area (Å²) >= 11 is 0. The van der Waals surface area contributed by atoms with Crippen molar-refractivity contribution in [2.75, 3.05) is 12.7 Å². The van der Waals surface area contributed by atoms with Crippen LogP contribution in [0.1, 0.15) is 177 Å². The van der Waals surface area contributed by atoms with E-state index in [2.05, 4.69) is 13.8 Å². The molecule has 0 spiro atoms. The summed E-state index contributed by atoms with van der Waals surface area (Å²) in [5.74, 6) is -0.971. The number of hydrogen-bond donors (Lipinski definition) is 2. The monoisotopic (exact) mass is 806 g/mol. The van der Waals surface area contributed by atoms with Crippen LogP contribution in [0.2, 0.25) is 0 Å². The molecule has 0 atom stereocenters. The molecule has 0 saturated carbocycles. The van der Waals surface area contributed by atoms with Gasteiger partial charge in [0.25, 0.3) is 23.6 Å². The van der Waals surface area contributed by atoms with E-state index in [0.29, 0.717) is 46.0 Å². The third kappa shape index (κ3) is 8.32. The Bertz CT molecular complexity index is 2250. The minimum atomic E-state index is -3.90. The Hall–Kier alpha value is -4.17. The Morgan fingerprint density at radius 2 is 0.828 bits per heavy atom. The standard InChI is InChI=1S/C48H59N2O7P/c1-3-5-7-16-20-32(21-17-8-6-4-2)50-47(53)39-28-24-35-33-22-26-37-43-38(27-23-34(41(33)43)36-25-29-40(48(50)54)44(39)42(35)36)46(52)49(45(37)51)30-18-14-12-10-9-11-13-15-19-31-58(55,56)57/h22-29,32H,3-21,30-31H2,1-2H3,(H2,55,56,57). The molecule has 2 aliphatic rings. The number of amides is 4. The molecule has 5 aromatic rings. The first-order valence-corrected chi connectivity index (χ1v) is 23.9.